The van der Waals surface area contributed by atoms with Crippen LogP contribution in [0.25, 0.3) is 0 Å². The van der Waals surface area contributed by atoms with Crippen LogP contribution in [0.2, 0.25) is 0 Å². The van der Waals surface area contributed by atoms with E-state index >= 15 is 0 Å². The molecule has 6 nitrogen and oxygen atoms in total. The number of hydrogen-bond donors (Lipinski definition) is 2. The summed E-state index contributed by atoms with van der Waals surface area (Å²) >= 11 is 3.34. The second kappa shape index (κ2) is 8.41. The maximum atomic E-state index is 12.0. The predicted molar refractivity (Wildman–Crippen MR) is 95.8 cm³/mol. The molecule has 0 spiro atoms. The molecule has 1 amide bonds. The maximum Gasteiger partial charge on any atom is 0.251 e. The van der Waals surface area contributed by atoms with Gasteiger partial charge in [0.2, 0.25) is 0 Å². The molecule has 0 aliphatic carbocycles. The molecule has 2 rings (SSSR count). The SMILES string of the molecule is Cc1nnc(NCCCNC(=O)c2ccc(Br)cc2)c(C#N)c1C. The van der Waals surface area contributed by atoms with Gasteiger partial charge in [0.05, 0.1) is 5.69 Å². The first-order valence-electron chi connectivity index (χ1n) is 7.54. The standard InChI is InChI=1S/C17H18BrN5O/c1-11-12(2)22-23-16(15(11)10-19)20-8-3-9-21-17(24)13-4-6-14(18)7-5-13/h4-7H,3,8-9H2,1-2H3,(H,20,23)(H,21,24). The van der Waals surface area contributed by atoms with Crippen LogP contribution in [-0.4, -0.2) is 29.2 Å². The molecular formula is C17H18BrN5O. The van der Waals surface area contributed by atoms with Crippen LogP contribution >= 0.6 is 15.9 Å². The molecule has 0 fully saturated rings. The summed E-state index contributed by atoms with van der Waals surface area (Å²) in [6, 6.07) is 9.35. The van der Waals surface area contributed by atoms with E-state index in [2.05, 4.69) is 42.8 Å². The Morgan fingerprint density at radius 1 is 1.21 bits per heavy atom. The third kappa shape index (κ3) is 4.52. The van der Waals surface area contributed by atoms with E-state index in [4.69, 9.17) is 0 Å². The molecule has 2 N–H and O–H groups in total. The zero-order chi connectivity index (χ0) is 17.5. The fourth-order valence-corrected chi connectivity index (χ4v) is 2.33. The monoisotopic (exact) mass is 387 g/mol. The van der Waals surface area contributed by atoms with Crippen molar-refractivity contribution in [2.75, 3.05) is 18.4 Å². The summed E-state index contributed by atoms with van der Waals surface area (Å²) in [5.74, 6) is 0.381. The van der Waals surface area contributed by atoms with E-state index in [1.807, 2.05) is 26.0 Å². The normalized spacial score (nSPS) is 10.1. The molecule has 1 aromatic carbocycles. The van der Waals surface area contributed by atoms with E-state index in [9.17, 15) is 10.1 Å². The zero-order valence-electron chi connectivity index (χ0n) is 13.6. The molecule has 0 saturated heterocycles. The van der Waals surface area contributed by atoms with Crippen molar-refractivity contribution in [2.45, 2.75) is 20.3 Å². The molecule has 7 heteroatoms. The van der Waals surface area contributed by atoms with Gasteiger partial charge in [0.1, 0.15) is 11.6 Å². The average molecular weight is 388 g/mol. The Kier molecular flexibility index (Phi) is 6.27. The number of rotatable bonds is 6. The van der Waals surface area contributed by atoms with Crippen LogP contribution in [0.3, 0.4) is 0 Å². The van der Waals surface area contributed by atoms with Gasteiger partial charge in [0, 0.05) is 23.1 Å². The molecular weight excluding hydrogens is 370 g/mol. The summed E-state index contributed by atoms with van der Waals surface area (Å²) in [6.07, 6.45) is 0.710. The van der Waals surface area contributed by atoms with Gasteiger partial charge in [0.25, 0.3) is 5.91 Å². The van der Waals surface area contributed by atoms with Crippen molar-refractivity contribution < 1.29 is 4.79 Å². The van der Waals surface area contributed by atoms with Crippen LogP contribution in [-0.2, 0) is 0 Å². The van der Waals surface area contributed by atoms with Crippen molar-refractivity contribution in [3.8, 4) is 6.07 Å². The number of nitrogens with one attached hydrogen (secondary N) is 2. The number of hydrogen-bond acceptors (Lipinski definition) is 5. The van der Waals surface area contributed by atoms with Crippen molar-refractivity contribution >= 4 is 27.7 Å². The number of aryl methyl sites for hydroxylation is 1. The minimum absolute atomic E-state index is 0.105. The largest absolute Gasteiger partial charge is 0.367 e. The Bertz CT molecular complexity index is 768. The van der Waals surface area contributed by atoms with Crippen LogP contribution in [0.4, 0.5) is 5.82 Å². The lowest BCUT2D eigenvalue weighted by molar-refractivity contribution is 0.0953. The molecule has 0 atom stereocenters. The highest BCUT2D eigenvalue weighted by Gasteiger charge is 2.10. The second-order valence-electron chi connectivity index (χ2n) is 5.29. The molecule has 0 aliphatic rings. The van der Waals surface area contributed by atoms with Crippen LogP contribution in [0.5, 0.6) is 0 Å². The van der Waals surface area contributed by atoms with Crippen molar-refractivity contribution in [2.24, 2.45) is 0 Å². The number of anilines is 1. The van der Waals surface area contributed by atoms with Gasteiger partial charge in [-0.3, -0.25) is 4.79 Å². The third-order valence-corrected chi connectivity index (χ3v) is 4.13. The molecule has 2 aromatic rings. The molecule has 0 saturated carbocycles. The van der Waals surface area contributed by atoms with Gasteiger partial charge in [-0.1, -0.05) is 15.9 Å². The number of aromatic nitrogens is 2. The van der Waals surface area contributed by atoms with Gasteiger partial charge >= 0.3 is 0 Å². The molecule has 1 heterocycles. The van der Waals surface area contributed by atoms with Crippen molar-refractivity contribution in [3.63, 3.8) is 0 Å². The maximum absolute atomic E-state index is 12.0. The first kappa shape index (κ1) is 17.9. The quantitative estimate of drug-likeness (QED) is 0.743. The number of halogens is 1. The van der Waals surface area contributed by atoms with Gasteiger partial charge in [0.15, 0.2) is 5.82 Å². The highest BCUT2D eigenvalue weighted by molar-refractivity contribution is 9.10. The van der Waals surface area contributed by atoms with E-state index in [0.717, 1.165) is 15.7 Å². The number of nitriles is 1. The number of amides is 1. The van der Waals surface area contributed by atoms with Gasteiger partial charge in [-0.25, -0.2) is 0 Å². The van der Waals surface area contributed by atoms with E-state index in [0.29, 0.717) is 36.5 Å². The van der Waals surface area contributed by atoms with Gasteiger partial charge < -0.3 is 10.6 Å². The molecule has 1 aromatic heterocycles. The molecule has 0 unspecified atom stereocenters. The van der Waals surface area contributed by atoms with Crippen LogP contribution in [0, 0.1) is 25.2 Å². The Balaban J connectivity index is 1.80. The lowest BCUT2D eigenvalue weighted by atomic mass is 10.1. The second-order valence-corrected chi connectivity index (χ2v) is 6.20. The zero-order valence-corrected chi connectivity index (χ0v) is 15.1. The Morgan fingerprint density at radius 2 is 1.92 bits per heavy atom. The third-order valence-electron chi connectivity index (χ3n) is 3.60. The summed E-state index contributed by atoms with van der Waals surface area (Å²) in [7, 11) is 0. The average Bonchev–Trinajstić information content (AvgIpc) is 2.58. The van der Waals surface area contributed by atoms with Crippen molar-refractivity contribution in [1.29, 1.82) is 5.26 Å². The van der Waals surface area contributed by atoms with Crippen molar-refractivity contribution in [3.05, 3.63) is 51.1 Å². The lowest BCUT2D eigenvalue weighted by Crippen LogP contribution is -2.26. The smallest absolute Gasteiger partial charge is 0.251 e. The molecule has 124 valence electrons. The number of carbonyl (C=O) groups excluding carboxylic acids is 1. The first-order chi connectivity index (χ1) is 11.5. The Labute approximate surface area is 149 Å². The molecule has 0 radical (unpaired) electrons. The Morgan fingerprint density at radius 3 is 2.58 bits per heavy atom. The summed E-state index contributed by atoms with van der Waals surface area (Å²) in [5, 5.41) is 23.2. The van der Waals surface area contributed by atoms with E-state index in [1.165, 1.54) is 0 Å². The minimum atomic E-state index is -0.105. The number of nitrogens with zero attached hydrogens (tertiary/aromatic N) is 3. The van der Waals surface area contributed by atoms with E-state index in [1.54, 1.807) is 12.1 Å². The van der Waals surface area contributed by atoms with Gasteiger partial charge in [-0.2, -0.15) is 10.4 Å². The Hall–Kier alpha value is -2.46. The van der Waals surface area contributed by atoms with E-state index < -0.39 is 0 Å². The molecule has 0 aliphatic heterocycles. The van der Waals surface area contributed by atoms with Crippen molar-refractivity contribution in [1.82, 2.24) is 15.5 Å². The summed E-state index contributed by atoms with van der Waals surface area (Å²) < 4.78 is 0.936. The number of benzene rings is 1. The fourth-order valence-electron chi connectivity index (χ4n) is 2.07. The lowest BCUT2D eigenvalue weighted by Gasteiger charge is -2.10. The topological polar surface area (TPSA) is 90.7 Å². The summed E-state index contributed by atoms with van der Waals surface area (Å²) in [4.78, 5) is 12.0. The minimum Gasteiger partial charge on any atom is -0.367 e. The molecule has 0 bridgehead atoms. The fraction of sp³-hybridized carbons (Fsp3) is 0.294. The van der Waals surface area contributed by atoms with E-state index in [-0.39, 0.29) is 5.91 Å². The van der Waals surface area contributed by atoms with Gasteiger partial charge in [-0.15, -0.1) is 5.10 Å². The highest BCUT2D eigenvalue weighted by Crippen LogP contribution is 2.16. The van der Waals surface area contributed by atoms with Gasteiger partial charge in [-0.05, 0) is 50.1 Å². The van der Waals surface area contributed by atoms with Crippen LogP contribution < -0.4 is 10.6 Å². The highest BCUT2D eigenvalue weighted by atomic mass is 79.9. The first-order valence-corrected chi connectivity index (χ1v) is 8.34. The number of carbonyl (C=O) groups is 1. The van der Waals surface area contributed by atoms with Crippen LogP contribution in [0.15, 0.2) is 28.7 Å². The summed E-state index contributed by atoms with van der Waals surface area (Å²) in [6.45, 7) is 4.80. The molecule has 24 heavy (non-hydrogen) atoms. The van der Waals surface area contributed by atoms with Crippen LogP contribution in [0.1, 0.15) is 33.6 Å². The summed E-state index contributed by atoms with van der Waals surface area (Å²) in [5.41, 5.74) is 2.72. The predicted octanol–water partition coefficient (Wildman–Crippen LogP) is 2.96.